The highest BCUT2D eigenvalue weighted by Gasteiger charge is 2.22. The van der Waals surface area contributed by atoms with Crippen molar-refractivity contribution in [2.75, 3.05) is 6.61 Å². The number of benzene rings is 1. The van der Waals surface area contributed by atoms with E-state index in [2.05, 4.69) is 15.6 Å². The number of nitrogens with one attached hydrogen (secondary N) is 3. The van der Waals surface area contributed by atoms with Gasteiger partial charge in [0.1, 0.15) is 6.04 Å². The minimum absolute atomic E-state index is 0.125. The molecule has 1 fully saturated rings. The molecule has 0 saturated heterocycles. The molecule has 1 aliphatic carbocycles. The summed E-state index contributed by atoms with van der Waals surface area (Å²) in [7, 11) is 0. The summed E-state index contributed by atoms with van der Waals surface area (Å²) in [5.74, 6) is -0.723. The summed E-state index contributed by atoms with van der Waals surface area (Å²) in [5, 5.41) is 16.2. The summed E-state index contributed by atoms with van der Waals surface area (Å²) < 4.78 is 0. The smallest absolute Gasteiger partial charge is 0.245 e. The molecule has 1 aromatic heterocycles. The number of aliphatic hydroxyl groups is 1. The quantitative estimate of drug-likeness (QED) is 0.578. The summed E-state index contributed by atoms with van der Waals surface area (Å²) in [6.07, 6.45) is 12.7. The van der Waals surface area contributed by atoms with E-state index in [-0.39, 0.29) is 11.9 Å². The van der Waals surface area contributed by atoms with Gasteiger partial charge in [0, 0.05) is 29.2 Å². The molecule has 1 aromatic carbocycles. The molecule has 4 N–H and O–H groups in total. The zero-order valence-corrected chi connectivity index (χ0v) is 16.1. The molecule has 0 spiro atoms. The molecule has 0 radical (unpaired) electrons. The van der Waals surface area contributed by atoms with Crippen LogP contribution in [0.4, 0.5) is 0 Å². The highest BCUT2D eigenvalue weighted by molar-refractivity contribution is 5.98. The summed E-state index contributed by atoms with van der Waals surface area (Å²) in [6.45, 7) is -0.425. The molecule has 6 nitrogen and oxygen atoms in total. The number of para-hydroxylation sites is 1. The molecule has 2 aromatic rings. The van der Waals surface area contributed by atoms with Gasteiger partial charge in [-0.3, -0.25) is 9.59 Å². The van der Waals surface area contributed by atoms with Gasteiger partial charge < -0.3 is 20.7 Å². The highest BCUT2D eigenvalue weighted by Crippen LogP contribution is 2.19. The molecule has 1 atom stereocenters. The second-order valence-corrected chi connectivity index (χ2v) is 7.42. The predicted molar refractivity (Wildman–Crippen MR) is 111 cm³/mol. The van der Waals surface area contributed by atoms with Crippen molar-refractivity contribution in [1.29, 1.82) is 0 Å². The fraction of sp³-hybridized carbons (Fsp3) is 0.455. The van der Waals surface area contributed by atoms with Gasteiger partial charge in [-0.1, -0.05) is 50.3 Å². The van der Waals surface area contributed by atoms with E-state index in [0.29, 0.717) is 0 Å². The van der Waals surface area contributed by atoms with Gasteiger partial charge in [-0.25, -0.2) is 0 Å². The van der Waals surface area contributed by atoms with E-state index in [0.717, 1.165) is 42.1 Å². The summed E-state index contributed by atoms with van der Waals surface area (Å²) in [4.78, 5) is 27.9. The van der Waals surface area contributed by atoms with Crippen LogP contribution in [0.15, 0.2) is 36.5 Å². The fourth-order valence-electron chi connectivity index (χ4n) is 3.71. The van der Waals surface area contributed by atoms with Crippen LogP contribution in [0.5, 0.6) is 0 Å². The lowest BCUT2D eigenvalue weighted by atomic mass is 9.96. The number of hydrogen-bond donors (Lipinski definition) is 4. The molecule has 3 rings (SSSR count). The van der Waals surface area contributed by atoms with E-state index in [1.54, 1.807) is 6.08 Å². The van der Waals surface area contributed by atoms with E-state index in [1.807, 2.05) is 30.5 Å². The van der Waals surface area contributed by atoms with Crippen molar-refractivity contribution in [3.63, 3.8) is 0 Å². The monoisotopic (exact) mass is 383 g/mol. The Morgan fingerprint density at radius 3 is 2.61 bits per heavy atom. The molecule has 150 valence electrons. The second kappa shape index (κ2) is 10.1. The van der Waals surface area contributed by atoms with Gasteiger partial charge in [-0.15, -0.1) is 0 Å². The fourth-order valence-corrected chi connectivity index (χ4v) is 3.71. The minimum Gasteiger partial charge on any atom is -0.394 e. The third kappa shape index (κ3) is 5.45. The van der Waals surface area contributed by atoms with E-state index in [4.69, 9.17) is 0 Å². The van der Waals surface area contributed by atoms with Crippen LogP contribution in [0.2, 0.25) is 0 Å². The van der Waals surface area contributed by atoms with E-state index in [9.17, 15) is 14.7 Å². The van der Waals surface area contributed by atoms with Crippen LogP contribution in [0.25, 0.3) is 17.0 Å². The number of carbonyl (C=O) groups excluding carboxylic acids is 2. The van der Waals surface area contributed by atoms with E-state index >= 15 is 0 Å². The first-order chi connectivity index (χ1) is 13.7. The predicted octanol–water partition coefficient (Wildman–Crippen LogP) is 2.89. The van der Waals surface area contributed by atoms with Crippen molar-refractivity contribution in [3.8, 4) is 0 Å². The van der Waals surface area contributed by atoms with Crippen LogP contribution in [0, 0.1) is 0 Å². The van der Waals surface area contributed by atoms with Crippen LogP contribution in [-0.4, -0.2) is 40.6 Å². The molecular formula is C22H29N3O3. The number of aliphatic hydroxyl groups excluding tert-OH is 1. The van der Waals surface area contributed by atoms with Crippen molar-refractivity contribution in [1.82, 2.24) is 15.6 Å². The Morgan fingerprint density at radius 2 is 1.86 bits per heavy atom. The lowest BCUT2D eigenvalue weighted by Gasteiger charge is -2.23. The number of carbonyl (C=O) groups is 2. The standard InChI is InChI=1S/C22H29N3O3/c26-15-20(22(28)24-17-8-4-2-1-3-5-9-17)25-21(27)13-12-16-14-23-19-11-7-6-10-18(16)19/h6-7,10-14,17,20,23,26H,1-5,8-9,15H2,(H,24,28)(H,25,27). The van der Waals surface area contributed by atoms with Crippen LogP contribution < -0.4 is 10.6 Å². The van der Waals surface area contributed by atoms with Crippen LogP contribution in [0.3, 0.4) is 0 Å². The molecule has 1 aliphatic rings. The molecule has 28 heavy (non-hydrogen) atoms. The molecule has 6 heteroatoms. The highest BCUT2D eigenvalue weighted by atomic mass is 16.3. The van der Waals surface area contributed by atoms with Gasteiger partial charge in [0.05, 0.1) is 6.61 Å². The Bertz CT molecular complexity index is 819. The van der Waals surface area contributed by atoms with Crippen LogP contribution in [0.1, 0.15) is 50.5 Å². The third-order valence-corrected chi connectivity index (χ3v) is 5.30. The molecular weight excluding hydrogens is 354 g/mol. The molecule has 0 bridgehead atoms. The first-order valence-corrected chi connectivity index (χ1v) is 10.1. The zero-order valence-electron chi connectivity index (χ0n) is 16.1. The zero-order chi connectivity index (χ0) is 19.8. The Morgan fingerprint density at radius 1 is 1.14 bits per heavy atom. The summed E-state index contributed by atoms with van der Waals surface area (Å²) in [6, 6.07) is 7.01. The lowest BCUT2D eigenvalue weighted by molar-refractivity contribution is -0.128. The van der Waals surface area contributed by atoms with Crippen molar-refractivity contribution in [3.05, 3.63) is 42.1 Å². The van der Waals surface area contributed by atoms with Gasteiger partial charge in [-0.05, 0) is 30.5 Å². The summed E-state index contributed by atoms with van der Waals surface area (Å²) >= 11 is 0. The average molecular weight is 383 g/mol. The van der Waals surface area contributed by atoms with Crippen molar-refractivity contribution < 1.29 is 14.7 Å². The third-order valence-electron chi connectivity index (χ3n) is 5.30. The molecule has 1 unspecified atom stereocenters. The Labute approximate surface area is 165 Å². The van der Waals surface area contributed by atoms with Gasteiger partial charge >= 0.3 is 0 Å². The Kier molecular flexibility index (Phi) is 7.25. The van der Waals surface area contributed by atoms with Crippen LogP contribution in [-0.2, 0) is 9.59 Å². The Hall–Kier alpha value is -2.60. The summed E-state index contributed by atoms with van der Waals surface area (Å²) in [5.41, 5.74) is 1.89. The molecule has 0 aliphatic heterocycles. The van der Waals surface area contributed by atoms with Gasteiger partial charge in [0.2, 0.25) is 11.8 Å². The lowest BCUT2D eigenvalue weighted by Crippen LogP contribution is -2.51. The van der Waals surface area contributed by atoms with E-state index in [1.165, 1.54) is 25.3 Å². The number of amides is 2. The largest absolute Gasteiger partial charge is 0.394 e. The first kappa shape index (κ1) is 20.1. The van der Waals surface area contributed by atoms with Crippen molar-refractivity contribution in [2.24, 2.45) is 0 Å². The molecule has 1 heterocycles. The second-order valence-electron chi connectivity index (χ2n) is 7.42. The Balaban J connectivity index is 1.55. The maximum absolute atomic E-state index is 12.5. The van der Waals surface area contributed by atoms with Gasteiger partial charge in [0.15, 0.2) is 0 Å². The SMILES string of the molecule is O=C(C=Cc1c[nH]c2ccccc12)NC(CO)C(=O)NC1CCCCCCC1. The van der Waals surface area contributed by atoms with Gasteiger partial charge in [-0.2, -0.15) is 0 Å². The van der Waals surface area contributed by atoms with Gasteiger partial charge in [0.25, 0.3) is 0 Å². The minimum atomic E-state index is -0.939. The average Bonchev–Trinajstić information content (AvgIpc) is 3.09. The van der Waals surface area contributed by atoms with Crippen LogP contribution >= 0.6 is 0 Å². The normalized spacial score (nSPS) is 17.2. The molecule has 2 amide bonds. The number of aromatic amines is 1. The number of rotatable bonds is 6. The van der Waals surface area contributed by atoms with E-state index < -0.39 is 18.6 Å². The van der Waals surface area contributed by atoms with Crippen molar-refractivity contribution in [2.45, 2.75) is 57.0 Å². The number of fused-ring (bicyclic) bond motifs is 1. The van der Waals surface area contributed by atoms with Crippen molar-refractivity contribution >= 4 is 28.8 Å². The number of hydrogen-bond acceptors (Lipinski definition) is 3. The molecule has 1 saturated carbocycles. The maximum Gasteiger partial charge on any atom is 0.245 e. The topological polar surface area (TPSA) is 94.2 Å². The first-order valence-electron chi connectivity index (χ1n) is 10.1. The number of aromatic nitrogens is 1. The number of H-pyrrole nitrogens is 1. The maximum atomic E-state index is 12.5.